The quantitative estimate of drug-likeness (QED) is 0.442. The number of rotatable bonds is 9. The van der Waals surface area contributed by atoms with E-state index < -0.39 is 75.3 Å². The van der Waals surface area contributed by atoms with Crippen molar-refractivity contribution in [2.45, 2.75) is 71.0 Å². The molecule has 0 aromatic heterocycles. The van der Waals surface area contributed by atoms with E-state index in [1.54, 1.807) is 32.9 Å². The highest BCUT2D eigenvalue weighted by Crippen LogP contribution is 2.37. The van der Waals surface area contributed by atoms with Gasteiger partial charge in [-0.25, -0.2) is 22.0 Å². The third kappa shape index (κ3) is 7.72. The van der Waals surface area contributed by atoms with Crippen molar-refractivity contribution in [3.63, 3.8) is 0 Å². The summed E-state index contributed by atoms with van der Waals surface area (Å²) in [4.78, 5) is 42.9. The lowest BCUT2D eigenvalue weighted by Crippen LogP contribution is -2.60. The number of halogens is 2. The van der Waals surface area contributed by atoms with Crippen LogP contribution in [0.5, 0.6) is 5.75 Å². The number of hydrogen-bond donors (Lipinski definition) is 1. The molecule has 0 aliphatic carbocycles. The van der Waals surface area contributed by atoms with Crippen molar-refractivity contribution in [2.24, 2.45) is 5.41 Å². The molecule has 0 saturated carbocycles. The standard InChI is InChI=1S/C31H40F2N4O7S/c1-19(35(5)30(40)43-18-20-10-8-7-9-11-20)28(38)34-27(31(2,3)4)29(39)36-15-14-24-26(36)25(17-37(24)45(6,41)42)44-21-12-13-22(32)23(33)16-21/h7-13,16,19,24-27H,14-15,17-18H2,1-6H3,(H,34,38)/t19-,24+,25-,26-,27+/m0/s1. The van der Waals surface area contributed by atoms with Gasteiger partial charge in [0, 0.05) is 19.7 Å². The number of likely N-dealkylation sites (tertiary alicyclic amines) is 1. The molecule has 5 atom stereocenters. The lowest BCUT2D eigenvalue weighted by molar-refractivity contribution is -0.142. The highest BCUT2D eigenvalue weighted by Gasteiger charge is 2.55. The molecule has 1 N–H and O–H groups in total. The molecule has 3 amide bonds. The molecular formula is C31H40F2N4O7S. The van der Waals surface area contributed by atoms with Crippen LogP contribution in [0.15, 0.2) is 48.5 Å². The molecule has 2 aliphatic rings. The minimum absolute atomic E-state index is 0.0102. The van der Waals surface area contributed by atoms with Gasteiger partial charge in [-0.05, 0) is 36.5 Å². The minimum Gasteiger partial charge on any atom is -0.487 e. The first kappa shape index (κ1) is 34.1. The smallest absolute Gasteiger partial charge is 0.410 e. The summed E-state index contributed by atoms with van der Waals surface area (Å²) in [7, 11) is -2.28. The lowest BCUT2D eigenvalue weighted by Gasteiger charge is -2.37. The first-order valence-electron chi connectivity index (χ1n) is 14.6. The summed E-state index contributed by atoms with van der Waals surface area (Å²) in [5.74, 6) is -3.24. The number of ether oxygens (including phenoxy) is 2. The van der Waals surface area contributed by atoms with Crippen LogP contribution >= 0.6 is 0 Å². The van der Waals surface area contributed by atoms with Crippen LogP contribution in [-0.2, 0) is 31.0 Å². The third-order valence-electron chi connectivity index (χ3n) is 8.27. The second-order valence-corrected chi connectivity index (χ2v) is 14.5. The molecule has 4 rings (SSSR count). The van der Waals surface area contributed by atoms with Gasteiger partial charge < -0.3 is 19.7 Å². The zero-order chi connectivity index (χ0) is 33.3. The van der Waals surface area contributed by atoms with Gasteiger partial charge in [0.1, 0.15) is 30.5 Å². The molecule has 2 heterocycles. The number of hydrogen-bond acceptors (Lipinski definition) is 7. The topological polar surface area (TPSA) is 126 Å². The number of nitrogens with zero attached hydrogens (tertiary/aromatic N) is 3. The second kappa shape index (κ2) is 13.3. The van der Waals surface area contributed by atoms with Gasteiger partial charge in [-0.3, -0.25) is 14.5 Å². The molecule has 0 bridgehead atoms. The molecule has 0 unspecified atom stereocenters. The molecule has 2 aromatic carbocycles. The maximum Gasteiger partial charge on any atom is 0.410 e. The van der Waals surface area contributed by atoms with Crippen LogP contribution in [0.4, 0.5) is 13.6 Å². The number of likely N-dealkylation sites (N-methyl/N-ethyl adjacent to an activating group) is 1. The molecule has 0 radical (unpaired) electrons. The molecule has 246 valence electrons. The first-order valence-corrected chi connectivity index (χ1v) is 16.5. The monoisotopic (exact) mass is 650 g/mol. The highest BCUT2D eigenvalue weighted by molar-refractivity contribution is 7.88. The van der Waals surface area contributed by atoms with Gasteiger partial charge in [0.2, 0.25) is 21.8 Å². The van der Waals surface area contributed by atoms with Crippen LogP contribution in [0, 0.1) is 17.0 Å². The summed E-state index contributed by atoms with van der Waals surface area (Å²) in [6.07, 6.45) is -0.221. The van der Waals surface area contributed by atoms with E-state index in [-0.39, 0.29) is 25.4 Å². The first-order chi connectivity index (χ1) is 21.0. The predicted molar refractivity (Wildman–Crippen MR) is 161 cm³/mol. The van der Waals surface area contributed by atoms with Crippen LogP contribution < -0.4 is 10.1 Å². The van der Waals surface area contributed by atoms with Gasteiger partial charge in [0.15, 0.2) is 11.6 Å². The Morgan fingerprint density at radius 3 is 2.36 bits per heavy atom. The van der Waals surface area contributed by atoms with Crippen molar-refractivity contribution in [3.05, 3.63) is 65.7 Å². The normalized spacial score (nSPS) is 21.5. The Labute approximate surface area is 262 Å². The van der Waals surface area contributed by atoms with E-state index in [2.05, 4.69) is 5.32 Å². The fourth-order valence-corrected chi connectivity index (χ4v) is 6.83. The SMILES string of the molecule is C[C@@H](C(=O)N[C@H](C(=O)N1CC[C@@H]2[C@H]1[C@@H](Oc1ccc(F)c(F)c1)CN2S(C)(=O)=O)C(C)(C)C)N(C)C(=O)OCc1ccccc1. The Morgan fingerprint density at radius 2 is 1.76 bits per heavy atom. The summed E-state index contributed by atoms with van der Waals surface area (Å²) in [6, 6.07) is 8.68. The number of fused-ring (bicyclic) bond motifs is 1. The van der Waals surface area contributed by atoms with Crippen LogP contribution in [0.2, 0.25) is 0 Å². The van der Waals surface area contributed by atoms with Gasteiger partial charge in [0.25, 0.3) is 0 Å². The zero-order valence-corrected chi connectivity index (χ0v) is 27.0. The molecule has 2 fully saturated rings. The van der Waals surface area contributed by atoms with Crippen LogP contribution in [0.25, 0.3) is 0 Å². The number of amides is 3. The Balaban J connectivity index is 1.51. The van der Waals surface area contributed by atoms with Gasteiger partial charge >= 0.3 is 6.09 Å². The third-order valence-corrected chi connectivity index (χ3v) is 9.54. The highest BCUT2D eigenvalue weighted by atomic mass is 32.2. The van der Waals surface area contributed by atoms with E-state index in [0.717, 1.165) is 28.9 Å². The van der Waals surface area contributed by atoms with E-state index in [4.69, 9.17) is 9.47 Å². The van der Waals surface area contributed by atoms with Crippen molar-refractivity contribution in [1.29, 1.82) is 0 Å². The maximum atomic E-state index is 14.2. The van der Waals surface area contributed by atoms with Crippen molar-refractivity contribution in [2.75, 3.05) is 26.4 Å². The van der Waals surface area contributed by atoms with Crippen molar-refractivity contribution < 1.29 is 41.1 Å². The van der Waals surface area contributed by atoms with Crippen LogP contribution in [-0.4, -0.2) is 97.1 Å². The fraction of sp³-hybridized carbons (Fsp3) is 0.516. The summed E-state index contributed by atoms with van der Waals surface area (Å²) in [5, 5.41) is 2.80. The Morgan fingerprint density at radius 1 is 1.09 bits per heavy atom. The molecule has 2 aliphatic heterocycles. The number of benzene rings is 2. The van der Waals surface area contributed by atoms with E-state index in [1.165, 1.54) is 29.2 Å². The van der Waals surface area contributed by atoms with Gasteiger partial charge in [-0.1, -0.05) is 51.1 Å². The van der Waals surface area contributed by atoms with Crippen LogP contribution in [0.3, 0.4) is 0 Å². The lowest BCUT2D eigenvalue weighted by atomic mass is 9.85. The molecule has 14 heteroatoms. The molecule has 45 heavy (non-hydrogen) atoms. The van der Waals surface area contributed by atoms with E-state index in [0.29, 0.717) is 6.42 Å². The number of sulfonamides is 1. The Kier molecular flexibility index (Phi) is 10.1. The van der Waals surface area contributed by atoms with Crippen LogP contribution in [0.1, 0.15) is 39.7 Å². The number of nitrogens with one attached hydrogen (secondary N) is 1. The van der Waals surface area contributed by atoms with E-state index >= 15 is 0 Å². The Bertz CT molecular complexity index is 1520. The van der Waals surface area contributed by atoms with Crippen molar-refractivity contribution in [1.82, 2.24) is 19.4 Å². The molecular weight excluding hydrogens is 610 g/mol. The zero-order valence-electron chi connectivity index (χ0n) is 26.2. The summed E-state index contributed by atoms with van der Waals surface area (Å²) >= 11 is 0. The second-order valence-electron chi connectivity index (χ2n) is 12.6. The number of carbonyl (C=O) groups excluding carboxylic acids is 3. The maximum absolute atomic E-state index is 14.2. The Hall–Kier alpha value is -3.78. The van der Waals surface area contributed by atoms with E-state index in [9.17, 15) is 31.6 Å². The van der Waals surface area contributed by atoms with Crippen molar-refractivity contribution in [3.8, 4) is 5.75 Å². The molecule has 0 spiro atoms. The van der Waals surface area contributed by atoms with Gasteiger partial charge in [-0.15, -0.1) is 0 Å². The van der Waals surface area contributed by atoms with Crippen molar-refractivity contribution >= 4 is 27.9 Å². The minimum atomic E-state index is -3.70. The average molecular weight is 651 g/mol. The van der Waals surface area contributed by atoms with Gasteiger partial charge in [0.05, 0.1) is 24.9 Å². The molecule has 11 nitrogen and oxygen atoms in total. The molecule has 2 aromatic rings. The largest absolute Gasteiger partial charge is 0.487 e. The summed E-state index contributed by atoms with van der Waals surface area (Å²) in [5.41, 5.74) is -0.00505. The predicted octanol–water partition coefficient (Wildman–Crippen LogP) is 3.14. The van der Waals surface area contributed by atoms with E-state index in [1.807, 2.05) is 18.2 Å². The average Bonchev–Trinajstić information content (AvgIpc) is 3.56. The fourth-order valence-electron chi connectivity index (χ4n) is 5.69. The molecule has 2 saturated heterocycles. The summed E-state index contributed by atoms with van der Waals surface area (Å²) < 4.78 is 65.4. The summed E-state index contributed by atoms with van der Waals surface area (Å²) in [6.45, 7) is 6.95. The number of carbonyl (C=O) groups is 3. The van der Waals surface area contributed by atoms with Gasteiger partial charge in [-0.2, -0.15) is 4.31 Å².